The third-order valence-corrected chi connectivity index (χ3v) is 9.10. The Morgan fingerprint density at radius 1 is 1.05 bits per heavy atom. The number of anilines is 2. The molecule has 8 nitrogen and oxygen atoms in total. The van der Waals surface area contributed by atoms with Crippen molar-refractivity contribution in [3.63, 3.8) is 0 Å². The molecular formula is C32H40N6O2. The molecule has 0 amide bonds. The number of nitrogens with two attached hydrogens (primary N) is 1. The Morgan fingerprint density at radius 3 is 2.60 bits per heavy atom. The predicted octanol–water partition coefficient (Wildman–Crippen LogP) is 4.62. The third-order valence-electron chi connectivity index (χ3n) is 9.10. The largest absolute Gasteiger partial charge is 0.380 e. The van der Waals surface area contributed by atoms with Crippen LogP contribution in [0.5, 0.6) is 0 Å². The summed E-state index contributed by atoms with van der Waals surface area (Å²) in [6.07, 6.45) is 7.43. The topological polar surface area (TPSA) is 101 Å². The minimum atomic E-state index is 0.0503. The van der Waals surface area contributed by atoms with Crippen LogP contribution >= 0.6 is 0 Å². The van der Waals surface area contributed by atoms with Crippen molar-refractivity contribution < 1.29 is 9.47 Å². The fraction of sp³-hybridized carbons (Fsp3) is 0.531. The lowest BCUT2D eigenvalue weighted by molar-refractivity contribution is -0.0288. The van der Waals surface area contributed by atoms with E-state index in [4.69, 9.17) is 20.2 Å². The van der Waals surface area contributed by atoms with Gasteiger partial charge in [0.2, 0.25) is 0 Å². The molecule has 2 saturated heterocycles. The van der Waals surface area contributed by atoms with Gasteiger partial charge >= 0.3 is 0 Å². The van der Waals surface area contributed by atoms with Gasteiger partial charge in [-0.05, 0) is 63.1 Å². The maximum Gasteiger partial charge on any atom is 0.133 e. The Morgan fingerprint density at radius 2 is 1.85 bits per heavy atom. The summed E-state index contributed by atoms with van der Waals surface area (Å²) >= 11 is 0. The van der Waals surface area contributed by atoms with Gasteiger partial charge in [0.05, 0.1) is 29.9 Å². The molecule has 2 N–H and O–H groups in total. The van der Waals surface area contributed by atoms with Crippen LogP contribution in [0.4, 0.5) is 11.5 Å². The number of hydrogen-bond acceptors (Lipinski definition) is 8. The predicted molar refractivity (Wildman–Crippen MR) is 158 cm³/mol. The average molecular weight is 541 g/mol. The summed E-state index contributed by atoms with van der Waals surface area (Å²) in [4.78, 5) is 14.4. The van der Waals surface area contributed by atoms with Gasteiger partial charge in [-0.2, -0.15) is 5.26 Å². The number of nitriles is 1. The minimum Gasteiger partial charge on any atom is -0.380 e. The van der Waals surface area contributed by atoms with Gasteiger partial charge in [-0.3, -0.25) is 0 Å². The van der Waals surface area contributed by atoms with Gasteiger partial charge in [-0.15, -0.1) is 0 Å². The number of methoxy groups -OCH3 is 1. The number of benzene rings is 2. The van der Waals surface area contributed by atoms with Crippen molar-refractivity contribution in [1.82, 2.24) is 9.97 Å². The maximum absolute atomic E-state index is 9.58. The quantitative estimate of drug-likeness (QED) is 0.483. The summed E-state index contributed by atoms with van der Waals surface area (Å²) in [5, 5.41) is 11.7. The highest BCUT2D eigenvalue weighted by molar-refractivity contribution is 5.97. The van der Waals surface area contributed by atoms with E-state index in [9.17, 15) is 5.26 Å². The van der Waals surface area contributed by atoms with Crippen molar-refractivity contribution in [2.45, 2.75) is 69.3 Å². The number of piperidine rings is 1. The van der Waals surface area contributed by atoms with Gasteiger partial charge in [-0.25, -0.2) is 9.97 Å². The van der Waals surface area contributed by atoms with E-state index in [0.717, 1.165) is 86.3 Å². The first-order chi connectivity index (χ1) is 19.5. The molecule has 1 aliphatic carbocycles. The van der Waals surface area contributed by atoms with Crippen LogP contribution < -0.4 is 15.5 Å². The van der Waals surface area contributed by atoms with Gasteiger partial charge < -0.3 is 25.0 Å². The summed E-state index contributed by atoms with van der Waals surface area (Å²) in [6, 6.07) is 16.7. The lowest BCUT2D eigenvalue weighted by Crippen LogP contribution is -2.48. The molecule has 210 valence electrons. The van der Waals surface area contributed by atoms with E-state index in [1.807, 2.05) is 30.5 Å². The summed E-state index contributed by atoms with van der Waals surface area (Å²) in [5.41, 5.74) is 8.19. The number of ether oxygens (including phenoxy) is 2. The molecule has 0 bridgehead atoms. The number of rotatable bonds is 6. The molecule has 1 aromatic heterocycles. The Labute approximate surface area is 237 Å². The third kappa shape index (κ3) is 5.51. The number of aromatic nitrogens is 2. The molecule has 3 fully saturated rings. The highest BCUT2D eigenvalue weighted by Gasteiger charge is 2.35. The van der Waals surface area contributed by atoms with Crippen LogP contribution in [-0.4, -0.2) is 67.6 Å². The van der Waals surface area contributed by atoms with Gasteiger partial charge in [0, 0.05) is 67.9 Å². The van der Waals surface area contributed by atoms with Crippen molar-refractivity contribution in [3.8, 4) is 6.07 Å². The lowest BCUT2D eigenvalue weighted by atomic mass is 9.90. The van der Waals surface area contributed by atoms with Crippen LogP contribution in [0.15, 0.2) is 48.7 Å². The molecular weight excluding hydrogens is 500 g/mol. The molecule has 1 saturated carbocycles. The van der Waals surface area contributed by atoms with Gasteiger partial charge in [-0.1, -0.05) is 24.3 Å². The van der Waals surface area contributed by atoms with Crippen molar-refractivity contribution in [2.75, 3.05) is 43.1 Å². The summed E-state index contributed by atoms with van der Waals surface area (Å²) in [5.74, 6) is 2.82. The normalized spacial score (nSPS) is 27.7. The number of nitrogens with zero attached hydrogens (tertiary/aromatic N) is 5. The Balaban J connectivity index is 1.08. The number of hydrogen-bond donors (Lipinski definition) is 1. The lowest BCUT2D eigenvalue weighted by Gasteiger charge is -2.41. The monoisotopic (exact) mass is 540 g/mol. The van der Waals surface area contributed by atoms with Gasteiger partial charge in [0.25, 0.3) is 0 Å². The van der Waals surface area contributed by atoms with E-state index in [2.05, 4.69) is 46.0 Å². The van der Waals surface area contributed by atoms with Crippen LogP contribution in [0.2, 0.25) is 0 Å². The fourth-order valence-electron chi connectivity index (χ4n) is 7.05. The highest BCUT2D eigenvalue weighted by Crippen LogP contribution is 2.36. The van der Waals surface area contributed by atoms with Crippen molar-refractivity contribution in [3.05, 3.63) is 60.0 Å². The SMILES string of the molecule is CO[C@H]1CC(c2nccc(N3CCC(C[C@H]4CN(c5ccc(C#N)c6ccccc56)C[C@@H](C)O4)CC3)n2)C[C@H]1N. The molecule has 2 aromatic carbocycles. The maximum atomic E-state index is 9.58. The van der Waals surface area contributed by atoms with E-state index >= 15 is 0 Å². The zero-order chi connectivity index (χ0) is 27.6. The highest BCUT2D eigenvalue weighted by atomic mass is 16.5. The molecule has 1 unspecified atom stereocenters. The van der Waals surface area contributed by atoms with E-state index in [0.29, 0.717) is 5.92 Å². The standard InChI is InChI=1S/C32H40N6O2/c1-21-19-38(29-8-7-23(18-33)26-5-3-4-6-27(26)29)20-25(40-21)15-22-10-13-37(14-11-22)31-9-12-35-32(36-31)24-16-28(34)30(17-24)39-2/h3-9,12,21-22,24-25,28,30H,10-11,13-17,19-20,34H2,1-2H3/t21-,24?,25+,28-,30+/m1/s1. The molecule has 40 heavy (non-hydrogen) atoms. The van der Waals surface area contributed by atoms with Crippen LogP contribution in [0.25, 0.3) is 10.8 Å². The first kappa shape index (κ1) is 26.9. The zero-order valence-electron chi connectivity index (χ0n) is 23.6. The second-order valence-electron chi connectivity index (χ2n) is 11.8. The van der Waals surface area contributed by atoms with Crippen molar-refractivity contribution in [1.29, 1.82) is 5.26 Å². The molecule has 3 aromatic rings. The summed E-state index contributed by atoms with van der Waals surface area (Å²) < 4.78 is 12.0. The van der Waals surface area contributed by atoms with Crippen LogP contribution in [0.3, 0.4) is 0 Å². The first-order valence-electron chi connectivity index (χ1n) is 14.7. The minimum absolute atomic E-state index is 0.0503. The van der Waals surface area contributed by atoms with Gasteiger partial charge in [0.1, 0.15) is 11.6 Å². The molecule has 5 atom stereocenters. The fourth-order valence-corrected chi connectivity index (χ4v) is 7.05. The number of fused-ring (bicyclic) bond motifs is 1. The first-order valence-corrected chi connectivity index (χ1v) is 14.7. The molecule has 0 radical (unpaired) electrons. The smallest absolute Gasteiger partial charge is 0.133 e. The molecule has 2 aliphatic heterocycles. The summed E-state index contributed by atoms with van der Waals surface area (Å²) in [6.45, 7) is 5.91. The van der Waals surface area contributed by atoms with Crippen LogP contribution in [-0.2, 0) is 9.47 Å². The Hall–Kier alpha value is -3.25. The molecule has 0 spiro atoms. The summed E-state index contributed by atoms with van der Waals surface area (Å²) in [7, 11) is 1.74. The van der Waals surface area contributed by atoms with Crippen LogP contribution in [0, 0.1) is 17.2 Å². The zero-order valence-corrected chi connectivity index (χ0v) is 23.6. The van der Waals surface area contributed by atoms with Crippen molar-refractivity contribution >= 4 is 22.3 Å². The molecule has 6 rings (SSSR count). The van der Waals surface area contributed by atoms with E-state index in [1.54, 1.807) is 7.11 Å². The Bertz CT molecular complexity index is 1370. The second kappa shape index (κ2) is 11.7. The number of morpholine rings is 1. The van der Waals surface area contributed by atoms with E-state index in [-0.39, 0.29) is 30.3 Å². The van der Waals surface area contributed by atoms with Crippen molar-refractivity contribution in [2.24, 2.45) is 11.7 Å². The Kier molecular flexibility index (Phi) is 7.88. The van der Waals surface area contributed by atoms with E-state index in [1.165, 1.54) is 5.69 Å². The van der Waals surface area contributed by atoms with Crippen LogP contribution in [0.1, 0.15) is 56.3 Å². The van der Waals surface area contributed by atoms with E-state index < -0.39 is 0 Å². The average Bonchev–Trinajstić information content (AvgIpc) is 3.37. The molecule has 3 aliphatic rings. The molecule has 3 heterocycles. The van der Waals surface area contributed by atoms with Gasteiger partial charge in [0.15, 0.2) is 0 Å². The second-order valence-corrected chi connectivity index (χ2v) is 11.8. The molecule has 8 heteroatoms.